The average Bonchev–Trinajstić information content (AvgIpc) is 3.17. The van der Waals surface area contributed by atoms with Gasteiger partial charge in [0.2, 0.25) is 0 Å². The highest BCUT2D eigenvalue weighted by Crippen LogP contribution is 2.31. The van der Waals surface area contributed by atoms with Crippen molar-refractivity contribution in [1.82, 2.24) is 10.6 Å². The predicted molar refractivity (Wildman–Crippen MR) is 98.9 cm³/mol. The summed E-state index contributed by atoms with van der Waals surface area (Å²) in [6.45, 7) is 1.50. The first kappa shape index (κ1) is 19.6. The molecule has 1 aromatic heterocycles. The molecule has 3 N–H and O–H groups in total. The van der Waals surface area contributed by atoms with E-state index in [0.717, 1.165) is 6.07 Å². The first-order valence-corrected chi connectivity index (χ1v) is 8.33. The van der Waals surface area contributed by atoms with E-state index < -0.39 is 34.8 Å². The van der Waals surface area contributed by atoms with Crippen molar-refractivity contribution in [3.8, 4) is 0 Å². The molecule has 1 unspecified atom stereocenters. The van der Waals surface area contributed by atoms with Gasteiger partial charge in [-0.3, -0.25) is 14.9 Å². The molecule has 11 heteroatoms. The first-order valence-electron chi connectivity index (χ1n) is 8.33. The molecule has 0 spiro atoms. The Morgan fingerprint density at radius 3 is 2.62 bits per heavy atom. The number of nitro groups is 1. The van der Waals surface area contributed by atoms with Crippen molar-refractivity contribution in [2.75, 3.05) is 12.4 Å². The van der Waals surface area contributed by atoms with E-state index in [4.69, 9.17) is 9.15 Å². The third-order valence-corrected chi connectivity index (χ3v) is 4.17. The van der Waals surface area contributed by atoms with Gasteiger partial charge in [0.25, 0.3) is 5.91 Å². The summed E-state index contributed by atoms with van der Waals surface area (Å²) in [5.41, 5.74) is 0.629. The van der Waals surface area contributed by atoms with Gasteiger partial charge in [0, 0.05) is 5.70 Å². The van der Waals surface area contributed by atoms with E-state index in [2.05, 4.69) is 16.0 Å². The van der Waals surface area contributed by atoms with Crippen LogP contribution < -0.4 is 16.0 Å². The Hall–Kier alpha value is -4.15. The smallest absolute Gasteiger partial charge is 0.433 e. The molecular formula is C18H16N4O7. The van der Waals surface area contributed by atoms with E-state index in [-0.39, 0.29) is 28.3 Å². The van der Waals surface area contributed by atoms with Crippen molar-refractivity contribution in [2.24, 2.45) is 0 Å². The quantitative estimate of drug-likeness (QED) is 0.395. The van der Waals surface area contributed by atoms with Gasteiger partial charge in [-0.25, -0.2) is 9.59 Å². The maximum Gasteiger partial charge on any atom is 0.433 e. The van der Waals surface area contributed by atoms with Gasteiger partial charge in [0.1, 0.15) is 16.7 Å². The number of allylic oxidation sites excluding steroid dienone is 1. The lowest BCUT2D eigenvalue weighted by atomic mass is 9.99. The zero-order valence-corrected chi connectivity index (χ0v) is 15.3. The van der Waals surface area contributed by atoms with Gasteiger partial charge in [-0.15, -0.1) is 0 Å². The van der Waals surface area contributed by atoms with E-state index in [9.17, 15) is 24.5 Å². The average molecular weight is 400 g/mol. The number of hydrogen-bond donors (Lipinski definition) is 3. The number of urea groups is 1. The lowest BCUT2D eigenvalue weighted by molar-refractivity contribution is -0.402. The van der Waals surface area contributed by atoms with Crippen LogP contribution in [-0.4, -0.2) is 29.9 Å². The zero-order valence-electron chi connectivity index (χ0n) is 15.3. The number of nitrogens with one attached hydrogen (secondary N) is 3. The summed E-state index contributed by atoms with van der Waals surface area (Å²) in [6, 6.07) is 6.99. The van der Waals surface area contributed by atoms with Crippen LogP contribution in [-0.2, 0) is 9.53 Å². The van der Waals surface area contributed by atoms with Crippen molar-refractivity contribution >= 4 is 29.5 Å². The molecule has 2 aromatic rings. The summed E-state index contributed by atoms with van der Waals surface area (Å²) in [4.78, 5) is 46.9. The van der Waals surface area contributed by atoms with Gasteiger partial charge in [-0.1, -0.05) is 12.1 Å². The summed E-state index contributed by atoms with van der Waals surface area (Å²) in [7, 11) is 1.22. The van der Waals surface area contributed by atoms with Crippen molar-refractivity contribution in [2.45, 2.75) is 13.0 Å². The number of rotatable bonds is 5. The van der Waals surface area contributed by atoms with Crippen LogP contribution in [0.1, 0.15) is 29.1 Å². The van der Waals surface area contributed by atoms with E-state index >= 15 is 0 Å². The molecular weight excluding hydrogens is 384 g/mol. The second kappa shape index (κ2) is 7.84. The Kier molecular flexibility index (Phi) is 5.30. The molecule has 0 radical (unpaired) electrons. The minimum absolute atomic E-state index is 0.0114. The fraction of sp³-hybridized carbons (Fsp3) is 0.167. The molecule has 29 heavy (non-hydrogen) atoms. The Labute approximate surface area is 163 Å². The summed E-state index contributed by atoms with van der Waals surface area (Å²) in [6.07, 6.45) is 0. The lowest BCUT2D eigenvalue weighted by Gasteiger charge is -2.27. The third-order valence-electron chi connectivity index (χ3n) is 4.17. The highest BCUT2D eigenvalue weighted by molar-refractivity contribution is 6.09. The van der Waals surface area contributed by atoms with Crippen LogP contribution in [0.25, 0.3) is 0 Å². The number of hydrogen-bond acceptors (Lipinski definition) is 7. The molecule has 0 bridgehead atoms. The minimum atomic E-state index is -1.07. The SMILES string of the molecule is COC(=O)c1ccccc1NC(=O)C1=C(C)NC(=O)NC1c1ccc([N+](=O)[O-])o1. The highest BCUT2D eigenvalue weighted by Gasteiger charge is 2.34. The van der Waals surface area contributed by atoms with Crippen LogP contribution in [0.3, 0.4) is 0 Å². The van der Waals surface area contributed by atoms with Crippen LogP contribution in [0.4, 0.5) is 16.4 Å². The van der Waals surface area contributed by atoms with E-state index in [1.807, 2.05) is 0 Å². The Morgan fingerprint density at radius 2 is 1.97 bits per heavy atom. The van der Waals surface area contributed by atoms with Crippen LogP contribution in [0.2, 0.25) is 0 Å². The van der Waals surface area contributed by atoms with Crippen LogP contribution >= 0.6 is 0 Å². The molecule has 150 valence electrons. The van der Waals surface area contributed by atoms with E-state index in [0.29, 0.717) is 0 Å². The van der Waals surface area contributed by atoms with Crippen LogP contribution in [0.5, 0.6) is 0 Å². The summed E-state index contributed by atoms with van der Waals surface area (Å²) < 4.78 is 9.87. The summed E-state index contributed by atoms with van der Waals surface area (Å²) in [5.74, 6) is -1.80. The van der Waals surface area contributed by atoms with Crippen molar-refractivity contribution in [3.63, 3.8) is 0 Å². The van der Waals surface area contributed by atoms with Gasteiger partial charge in [0.05, 0.1) is 30.0 Å². The maximum absolute atomic E-state index is 13.0. The van der Waals surface area contributed by atoms with Crippen molar-refractivity contribution in [1.29, 1.82) is 0 Å². The monoisotopic (exact) mass is 400 g/mol. The minimum Gasteiger partial charge on any atom is -0.465 e. The normalized spacial score (nSPS) is 15.9. The summed E-state index contributed by atoms with van der Waals surface area (Å²) in [5, 5.41) is 18.5. The number of esters is 1. The molecule has 0 fully saturated rings. The van der Waals surface area contributed by atoms with Gasteiger partial charge in [-0.05, 0) is 25.1 Å². The molecule has 1 atom stereocenters. The Balaban J connectivity index is 1.96. The van der Waals surface area contributed by atoms with E-state index in [1.165, 1.54) is 32.2 Å². The number of amides is 3. The van der Waals surface area contributed by atoms with Crippen molar-refractivity contribution < 1.29 is 28.5 Å². The number of ether oxygens (including phenoxy) is 1. The number of carbonyl (C=O) groups excluding carboxylic acids is 3. The maximum atomic E-state index is 13.0. The molecule has 1 aliphatic rings. The number of methoxy groups -OCH3 is 1. The molecule has 0 saturated heterocycles. The Morgan fingerprint density at radius 1 is 1.24 bits per heavy atom. The van der Waals surface area contributed by atoms with Gasteiger partial charge in [0.15, 0.2) is 0 Å². The first-order chi connectivity index (χ1) is 13.8. The number of carbonyl (C=O) groups is 3. The fourth-order valence-electron chi connectivity index (χ4n) is 2.87. The molecule has 0 aliphatic carbocycles. The number of anilines is 1. The van der Waals surface area contributed by atoms with Gasteiger partial charge < -0.3 is 25.1 Å². The molecule has 1 aliphatic heterocycles. The van der Waals surface area contributed by atoms with Gasteiger partial charge >= 0.3 is 17.9 Å². The summed E-state index contributed by atoms with van der Waals surface area (Å²) >= 11 is 0. The van der Waals surface area contributed by atoms with Crippen molar-refractivity contribution in [3.05, 3.63) is 69.1 Å². The molecule has 3 rings (SSSR count). The highest BCUT2D eigenvalue weighted by atomic mass is 16.6. The third kappa shape index (κ3) is 3.93. The van der Waals surface area contributed by atoms with E-state index in [1.54, 1.807) is 12.1 Å². The largest absolute Gasteiger partial charge is 0.465 e. The standard InChI is InChI=1S/C18H16N4O7/c1-9-14(16(23)20-11-6-4-3-5-10(11)17(24)28-2)15(21-18(25)19-9)12-7-8-13(29-12)22(26)27/h3-8,15H,1-2H3,(H,20,23)(H2,19,21,25). The van der Waals surface area contributed by atoms with Crippen LogP contribution in [0, 0.1) is 10.1 Å². The number of nitrogens with zero attached hydrogens (tertiary/aromatic N) is 1. The second-order valence-corrected chi connectivity index (χ2v) is 5.99. The molecule has 1 aromatic carbocycles. The molecule has 3 amide bonds. The topological polar surface area (TPSA) is 153 Å². The number of para-hydroxylation sites is 1. The number of benzene rings is 1. The van der Waals surface area contributed by atoms with Gasteiger partial charge in [-0.2, -0.15) is 0 Å². The fourth-order valence-corrected chi connectivity index (χ4v) is 2.87. The molecule has 11 nitrogen and oxygen atoms in total. The lowest BCUT2D eigenvalue weighted by Crippen LogP contribution is -2.45. The number of furan rings is 1. The second-order valence-electron chi connectivity index (χ2n) is 5.99. The zero-order chi connectivity index (χ0) is 21.1. The Bertz CT molecular complexity index is 1040. The van der Waals surface area contributed by atoms with Crippen LogP contribution in [0.15, 0.2) is 52.1 Å². The predicted octanol–water partition coefficient (Wildman–Crippen LogP) is 2.24. The molecule has 0 saturated carbocycles. The molecule has 2 heterocycles.